The Kier molecular flexibility index (Phi) is 5.04. The molecule has 0 N–H and O–H groups in total. The molecule has 1 fully saturated rings. The Morgan fingerprint density at radius 2 is 2.06 bits per heavy atom. The standard InChI is InChI=1S/C10H17N4O2.ClH/c1-3-14(4-6-16-7-5-14)9-11-8-12-10(13-9)15-2;/h8H,3-7H2,1-2H3;1H/q+1;/p-1. The van der Waals surface area contributed by atoms with E-state index in [1.807, 2.05) is 0 Å². The van der Waals surface area contributed by atoms with E-state index in [0.717, 1.165) is 43.3 Å². The van der Waals surface area contributed by atoms with Crippen LogP contribution in [0.4, 0.5) is 5.95 Å². The van der Waals surface area contributed by atoms with Crippen LogP contribution in [0.25, 0.3) is 0 Å². The second-order valence-electron chi connectivity index (χ2n) is 3.79. The summed E-state index contributed by atoms with van der Waals surface area (Å²) in [6.45, 7) is 6.41. The highest BCUT2D eigenvalue weighted by Crippen LogP contribution is 2.20. The van der Waals surface area contributed by atoms with E-state index in [0.29, 0.717) is 6.01 Å². The van der Waals surface area contributed by atoms with Crippen molar-refractivity contribution in [1.29, 1.82) is 0 Å². The zero-order valence-electron chi connectivity index (χ0n) is 10.1. The smallest absolute Gasteiger partial charge is 0.335 e. The molecule has 17 heavy (non-hydrogen) atoms. The van der Waals surface area contributed by atoms with Crippen LogP contribution >= 0.6 is 0 Å². The van der Waals surface area contributed by atoms with Crippen molar-refractivity contribution in [2.45, 2.75) is 6.92 Å². The molecule has 0 unspecified atom stereocenters. The lowest BCUT2D eigenvalue weighted by molar-refractivity contribution is -0.00000569. The molecule has 0 amide bonds. The van der Waals surface area contributed by atoms with Crippen molar-refractivity contribution in [2.24, 2.45) is 0 Å². The number of methoxy groups -OCH3 is 1. The van der Waals surface area contributed by atoms with Crippen LogP contribution in [-0.2, 0) is 4.74 Å². The first-order valence-corrected chi connectivity index (χ1v) is 5.48. The lowest BCUT2D eigenvalue weighted by Crippen LogP contribution is -3.00. The van der Waals surface area contributed by atoms with Crippen LogP contribution < -0.4 is 21.6 Å². The highest BCUT2D eigenvalue weighted by atomic mass is 35.5. The molecule has 0 spiro atoms. The maximum Gasteiger partial charge on any atom is 0.335 e. The van der Waals surface area contributed by atoms with Crippen LogP contribution in [0.3, 0.4) is 0 Å². The number of morpholine rings is 1. The molecule has 0 radical (unpaired) electrons. The number of hydrogen-bond donors (Lipinski definition) is 0. The first-order valence-electron chi connectivity index (χ1n) is 5.48. The monoisotopic (exact) mass is 260 g/mol. The number of hydrogen-bond acceptors (Lipinski definition) is 5. The molecule has 0 atom stereocenters. The van der Waals surface area contributed by atoms with Crippen molar-refractivity contribution in [1.82, 2.24) is 19.4 Å². The molecule has 96 valence electrons. The Morgan fingerprint density at radius 1 is 1.35 bits per heavy atom. The second-order valence-corrected chi connectivity index (χ2v) is 3.79. The van der Waals surface area contributed by atoms with E-state index >= 15 is 0 Å². The van der Waals surface area contributed by atoms with Crippen molar-refractivity contribution >= 4 is 5.95 Å². The Morgan fingerprint density at radius 3 is 2.65 bits per heavy atom. The molecule has 6 nitrogen and oxygen atoms in total. The Hall–Kier alpha value is -0.980. The maximum atomic E-state index is 5.39. The molecule has 1 aliphatic rings. The number of quaternary nitrogens is 1. The normalized spacial score (nSPS) is 18.2. The number of ether oxygens (including phenoxy) is 2. The minimum Gasteiger partial charge on any atom is -1.00 e. The molecule has 0 bridgehead atoms. The average Bonchev–Trinajstić information content (AvgIpc) is 2.39. The van der Waals surface area contributed by atoms with Gasteiger partial charge in [-0.05, 0) is 6.92 Å². The number of likely N-dealkylation sites (N-methyl/N-ethyl adjacent to an activating group) is 1. The third-order valence-electron chi connectivity index (χ3n) is 3.08. The SMILES string of the molecule is CC[N+]1(c2ncnc(OC)n2)CCOCC1.[Cl-]. The van der Waals surface area contributed by atoms with Gasteiger partial charge in [-0.3, -0.25) is 4.48 Å². The molecule has 7 heteroatoms. The van der Waals surface area contributed by atoms with Crippen LogP contribution in [-0.4, -0.2) is 54.9 Å². The average molecular weight is 261 g/mol. The van der Waals surface area contributed by atoms with E-state index < -0.39 is 0 Å². The van der Waals surface area contributed by atoms with Crippen LogP contribution in [0.2, 0.25) is 0 Å². The van der Waals surface area contributed by atoms with E-state index in [-0.39, 0.29) is 12.4 Å². The lowest BCUT2D eigenvalue weighted by Gasteiger charge is -2.37. The topological polar surface area (TPSA) is 57.1 Å². The van der Waals surface area contributed by atoms with Gasteiger partial charge < -0.3 is 21.9 Å². The summed E-state index contributed by atoms with van der Waals surface area (Å²) in [4.78, 5) is 12.5. The molecular weight excluding hydrogens is 244 g/mol. The van der Waals surface area contributed by atoms with E-state index in [1.54, 1.807) is 7.11 Å². The van der Waals surface area contributed by atoms with Gasteiger partial charge in [0.25, 0.3) is 0 Å². The van der Waals surface area contributed by atoms with Gasteiger partial charge >= 0.3 is 12.0 Å². The van der Waals surface area contributed by atoms with E-state index in [9.17, 15) is 0 Å². The molecule has 2 rings (SSSR count). The zero-order chi connectivity index (χ0) is 11.4. The molecule has 0 aliphatic carbocycles. The predicted octanol–water partition coefficient (Wildman–Crippen LogP) is -2.76. The van der Waals surface area contributed by atoms with Gasteiger partial charge in [0, 0.05) is 0 Å². The Labute approximate surface area is 107 Å². The summed E-state index contributed by atoms with van der Waals surface area (Å²) in [5, 5.41) is 0. The summed E-state index contributed by atoms with van der Waals surface area (Å²) in [6.07, 6.45) is 1.51. The molecule has 0 saturated carbocycles. The summed E-state index contributed by atoms with van der Waals surface area (Å²) in [6, 6.07) is 0.377. The molecule has 1 saturated heterocycles. The number of rotatable bonds is 3. The van der Waals surface area contributed by atoms with Gasteiger partial charge in [0.05, 0.1) is 26.9 Å². The largest absolute Gasteiger partial charge is 1.00 e. The number of nitrogens with zero attached hydrogens (tertiary/aromatic N) is 4. The number of aromatic nitrogens is 3. The van der Waals surface area contributed by atoms with Crippen LogP contribution in [0.1, 0.15) is 6.92 Å². The third-order valence-corrected chi connectivity index (χ3v) is 3.08. The van der Waals surface area contributed by atoms with E-state index in [1.165, 1.54) is 6.33 Å². The maximum absolute atomic E-state index is 5.39. The quantitative estimate of drug-likeness (QED) is 0.552. The first kappa shape index (κ1) is 14.1. The Bertz CT molecular complexity index is 358. The fourth-order valence-electron chi connectivity index (χ4n) is 1.95. The number of halogens is 1. The van der Waals surface area contributed by atoms with Crippen LogP contribution in [0.15, 0.2) is 6.33 Å². The van der Waals surface area contributed by atoms with Crippen LogP contribution in [0, 0.1) is 0 Å². The fraction of sp³-hybridized carbons (Fsp3) is 0.700. The predicted molar refractivity (Wildman–Crippen MR) is 59.3 cm³/mol. The fourth-order valence-corrected chi connectivity index (χ4v) is 1.95. The minimum atomic E-state index is 0. The summed E-state index contributed by atoms with van der Waals surface area (Å²) in [7, 11) is 1.56. The van der Waals surface area contributed by atoms with Gasteiger partial charge in [-0.25, -0.2) is 0 Å². The van der Waals surface area contributed by atoms with Crippen molar-refractivity contribution in [2.75, 3.05) is 40.0 Å². The van der Waals surface area contributed by atoms with Crippen molar-refractivity contribution in [3.63, 3.8) is 0 Å². The summed E-state index contributed by atoms with van der Waals surface area (Å²) >= 11 is 0. The van der Waals surface area contributed by atoms with Gasteiger partial charge in [0.2, 0.25) is 0 Å². The second kappa shape index (κ2) is 6.09. The van der Waals surface area contributed by atoms with Gasteiger partial charge in [-0.2, -0.15) is 9.97 Å². The van der Waals surface area contributed by atoms with Gasteiger partial charge in [0.1, 0.15) is 19.4 Å². The molecule has 0 aromatic carbocycles. The van der Waals surface area contributed by atoms with Crippen molar-refractivity contribution < 1.29 is 21.9 Å². The van der Waals surface area contributed by atoms with E-state index in [4.69, 9.17) is 9.47 Å². The molecule has 2 heterocycles. The first-order chi connectivity index (χ1) is 7.80. The van der Waals surface area contributed by atoms with Gasteiger partial charge in [0.15, 0.2) is 0 Å². The van der Waals surface area contributed by atoms with Crippen LogP contribution in [0.5, 0.6) is 6.01 Å². The molecule has 1 aromatic rings. The summed E-state index contributed by atoms with van der Waals surface area (Å²) in [5.41, 5.74) is 0. The molecule has 1 aliphatic heterocycles. The lowest BCUT2D eigenvalue weighted by atomic mass is 10.3. The summed E-state index contributed by atoms with van der Waals surface area (Å²) < 4.78 is 11.2. The van der Waals surface area contributed by atoms with E-state index in [2.05, 4.69) is 21.9 Å². The highest BCUT2D eigenvalue weighted by Gasteiger charge is 2.34. The Balaban J connectivity index is 0.00000144. The third kappa shape index (κ3) is 2.83. The van der Waals surface area contributed by atoms with Gasteiger partial charge in [-0.1, -0.05) is 0 Å². The van der Waals surface area contributed by atoms with Gasteiger partial charge in [-0.15, -0.1) is 4.98 Å². The highest BCUT2D eigenvalue weighted by molar-refractivity contribution is 5.25. The van der Waals surface area contributed by atoms with Crippen molar-refractivity contribution in [3.8, 4) is 6.01 Å². The molecule has 1 aromatic heterocycles. The molecular formula is C10H17ClN4O2. The summed E-state index contributed by atoms with van der Waals surface area (Å²) in [5.74, 6) is 0.776. The minimum absolute atomic E-state index is 0. The van der Waals surface area contributed by atoms with Crippen molar-refractivity contribution in [3.05, 3.63) is 6.33 Å². The zero-order valence-corrected chi connectivity index (χ0v) is 10.9.